The summed E-state index contributed by atoms with van der Waals surface area (Å²) in [6.07, 6.45) is 7.21. The average molecular weight is 195 g/mol. The molecular formula is C13H25N. The van der Waals surface area contributed by atoms with Crippen molar-refractivity contribution in [3.63, 3.8) is 0 Å². The van der Waals surface area contributed by atoms with E-state index in [2.05, 4.69) is 46.8 Å². The van der Waals surface area contributed by atoms with Crippen molar-refractivity contribution in [2.75, 3.05) is 0 Å². The second kappa shape index (κ2) is 3.69. The van der Waals surface area contributed by atoms with Crippen LogP contribution >= 0.6 is 0 Å². The molecule has 1 aliphatic rings. The first-order chi connectivity index (χ1) is 6.22. The Morgan fingerprint density at radius 3 is 2.29 bits per heavy atom. The quantitative estimate of drug-likeness (QED) is 0.672. The molecule has 1 rings (SSSR count). The molecule has 0 aromatic rings. The van der Waals surface area contributed by atoms with E-state index in [1.54, 1.807) is 0 Å². The summed E-state index contributed by atoms with van der Waals surface area (Å²) in [6, 6.07) is 0. The summed E-state index contributed by atoms with van der Waals surface area (Å²) in [7, 11) is 0. The molecule has 82 valence electrons. The second-order valence-corrected chi connectivity index (χ2v) is 6.21. The van der Waals surface area contributed by atoms with Crippen LogP contribution in [0.15, 0.2) is 12.2 Å². The van der Waals surface area contributed by atoms with Gasteiger partial charge in [0.15, 0.2) is 0 Å². The van der Waals surface area contributed by atoms with Gasteiger partial charge in [0.2, 0.25) is 0 Å². The molecule has 0 saturated heterocycles. The molecule has 1 heteroatoms. The highest BCUT2D eigenvalue weighted by atomic mass is 14.7. The van der Waals surface area contributed by atoms with Crippen LogP contribution in [0.25, 0.3) is 0 Å². The third-order valence-corrected chi connectivity index (χ3v) is 3.49. The molecule has 1 nitrogen and oxygen atoms in total. The van der Waals surface area contributed by atoms with E-state index in [4.69, 9.17) is 5.73 Å². The zero-order valence-electron chi connectivity index (χ0n) is 10.3. The van der Waals surface area contributed by atoms with Gasteiger partial charge < -0.3 is 5.73 Å². The molecule has 1 fully saturated rings. The molecule has 0 amide bonds. The van der Waals surface area contributed by atoms with E-state index in [1.165, 1.54) is 12.8 Å². The van der Waals surface area contributed by atoms with Gasteiger partial charge in [-0.1, -0.05) is 32.9 Å². The summed E-state index contributed by atoms with van der Waals surface area (Å²) in [6.45, 7) is 11.2. The molecule has 2 N–H and O–H groups in total. The van der Waals surface area contributed by atoms with Crippen LogP contribution in [-0.4, -0.2) is 5.54 Å². The second-order valence-electron chi connectivity index (χ2n) is 6.21. The highest BCUT2D eigenvalue weighted by Gasteiger charge is 2.37. The van der Waals surface area contributed by atoms with Gasteiger partial charge in [-0.05, 0) is 43.9 Å². The molecule has 0 bridgehead atoms. The van der Waals surface area contributed by atoms with Crippen molar-refractivity contribution < 1.29 is 0 Å². The van der Waals surface area contributed by atoms with Gasteiger partial charge in [0.05, 0.1) is 0 Å². The van der Waals surface area contributed by atoms with Crippen molar-refractivity contribution in [2.24, 2.45) is 23.0 Å². The van der Waals surface area contributed by atoms with Crippen LogP contribution in [0.3, 0.4) is 0 Å². The van der Waals surface area contributed by atoms with Gasteiger partial charge in [-0.15, -0.1) is 0 Å². The summed E-state index contributed by atoms with van der Waals surface area (Å²) in [5.74, 6) is 1.51. The lowest BCUT2D eigenvalue weighted by atomic mass is 9.78. The maximum absolute atomic E-state index is 5.96. The Balaban J connectivity index is 2.72. The van der Waals surface area contributed by atoms with Crippen molar-refractivity contribution in [2.45, 2.75) is 53.0 Å². The molecule has 1 aliphatic carbocycles. The summed E-state index contributed by atoms with van der Waals surface area (Å²) >= 11 is 0. The van der Waals surface area contributed by atoms with Crippen LogP contribution in [0.4, 0.5) is 0 Å². The zero-order valence-corrected chi connectivity index (χ0v) is 10.3. The van der Waals surface area contributed by atoms with Gasteiger partial charge in [-0.25, -0.2) is 0 Å². The fourth-order valence-corrected chi connectivity index (χ4v) is 2.52. The predicted octanol–water partition coefficient (Wildman–Crippen LogP) is 3.35. The third kappa shape index (κ3) is 2.84. The van der Waals surface area contributed by atoms with E-state index < -0.39 is 0 Å². The van der Waals surface area contributed by atoms with E-state index in [0.717, 1.165) is 5.92 Å². The van der Waals surface area contributed by atoms with E-state index in [-0.39, 0.29) is 5.54 Å². The lowest BCUT2D eigenvalue weighted by Crippen LogP contribution is -2.30. The monoisotopic (exact) mass is 195 g/mol. The Morgan fingerprint density at radius 2 is 1.93 bits per heavy atom. The van der Waals surface area contributed by atoms with Crippen molar-refractivity contribution in [3.8, 4) is 0 Å². The molecule has 2 atom stereocenters. The Labute approximate surface area is 88.8 Å². The van der Waals surface area contributed by atoms with Crippen molar-refractivity contribution in [1.82, 2.24) is 0 Å². The van der Waals surface area contributed by atoms with E-state index in [0.29, 0.717) is 11.3 Å². The smallest absolute Gasteiger partial charge is 0.0281 e. The Hall–Kier alpha value is -0.300. The summed E-state index contributed by atoms with van der Waals surface area (Å²) in [5.41, 5.74) is 6.25. The maximum Gasteiger partial charge on any atom is 0.0281 e. The standard InChI is InChI=1S/C13H25N/c1-10-6-8-12(2,3)11(10)7-9-13(4,5)14/h7,9-11H,6,8,14H2,1-5H3/b9-7+. The Morgan fingerprint density at radius 1 is 1.36 bits per heavy atom. The largest absolute Gasteiger partial charge is 0.322 e. The van der Waals surface area contributed by atoms with Gasteiger partial charge in [0.25, 0.3) is 0 Å². The molecule has 0 radical (unpaired) electrons. The van der Waals surface area contributed by atoms with Crippen LogP contribution in [-0.2, 0) is 0 Å². The number of hydrogen-bond donors (Lipinski definition) is 1. The molecule has 1 saturated carbocycles. The van der Waals surface area contributed by atoms with E-state index in [1.807, 2.05) is 0 Å². The predicted molar refractivity (Wildman–Crippen MR) is 63.1 cm³/mol. The molecule has 0 aromatic heterocycles. The van der Waals surface area contributed by atoms with Gasteiger partial charge >= 0.3 is 0 Å². The first kappa shape index (κ1) is 11.8. The molecule has 2 unspecified atom stereocenters. The fourth-order valence-electron chi connectivity index (χ4n) is 2.52. The highest BCUT2D eigenvalue weighted by molar-refractivity contribution is 5.07. The van der Waals surface area contributed by atoms with Gasteiger partial charge in [0.1, 0.15) is 0 Å². The first-order valence-electron chi connectivity index (χ1n) is 5.71. The number of hydrogen-bond acceptors (Lipinski definition) is 1. The van der Waals surface area contributed by atoms with Gasteiger partial charge in [-0.3, -0.25) is 0 Å². The van der Waals surface area contributed by atoms with Crippen LogP contribution in [0.1, 0.15) is 47.5 Å². The van der Waals surface area contributed by atoms with Crippen molar-refractivity contribution >= 4 is 0 Å². The number of nitrogens with two attached hydrogens (primary N) is 1. The summed E-state index contributed by atoms with van der Waals surface area (Å²) in [4.78, 5) is 0. The van der Waals surface area contributed by atoms with Crippen LogP contribution in [0, 0.1) is 17.3 Å². The van der Waals surface area contributed by atoms with E-state index in [9.17, 15) is 0 Å². The van der Waals surface area contributed by atoms with Gasteiger partial charge in [0, 0.05) is 5.54 Å². The minimum absolute atomic E-state index is 0.168. The molecular weight excluding hydrogens is 170 g/mol. The van der Waals surface area contributed by atoms with Gasteiger partial charge in [-0.2, -0.15) is 0 Å². The maximum atomic E-state index is 5.96. The van der Waals surface area contributed by atoms with Crippen LogP contribution in [0.5, 0.6) is 0 Å². The molecule has 0 aromatic carbocycles. The lowest BCUT2D eigenvalue weighted by Gasteiger charge is -2.27. The Bertz CT molecular complexity index is 220. The van der Waals surface area contributed by atoms with Crippen molar-refractivity contribution in [1.29, 1.82) is 0 Å². The topological polar surface area (TPSA) is 26.0 Å². The highest BCUT2D eigenvalue weighted by Crippen LogP contribution is 2.47. The van der Waals surface area contributed by atoms with Crippen LogP contribution < -0.4 is 5.73 Å². The zero-order chi connectivity index (χ0) is 11.0. The van der Waals surface area contributed by atoms with Crippen molar-refractivity contribution in [3.05, 3.63) is 12.2 Å². The number of rotatable bonds is 2. The summed E-state index contributed by atoms with van der Waals surface area (Å²) in [5, 5.41) is 0. The normalized spacial score (nSPS) is 32.7. The molecule has 0 spiro atoms. The summed E-state index contributed by atoms with van der Waals surface area (Å²) < 4.78 is 0. The molecule has 14 heavy (non-hydrogen) atoms. The fraction of sp³-hybridized carbons (Fsp3) is 0.846. The SMILES string of the molecule is CC1CCC(C)(C)C1/C=C/C(C)(C)N. The molecule has 0 aliphatic heterocycles. The lowest BCUT2D eigenvalue weighted by molar-refractivity contribution is 0.279. The number of allylic oxidation sites excluding steroid dienone is 1. The van der Waals surface area contributed by atoms with Crippen LogP contribution in [0.2, 0.25) is 0 Å². The first-order valence-corrected chi connectivity index (χ1v) is 5.71. The Kier molecular flexibility index (Phi) is 3.10. The minimum Gasteiger partial charge on any atom is -0.322 e. The average Bonchev–Trinajstić information content (AvgIpc) is 2.22. The minimum atomic E-state index is -0.168. The molecule has 0 heterocycles. The third-order valence-electron chi connectivity index (χ3n) is 3.49. The van der Waals surface area contributed by atoms with E-state index >= 15 is 0 Å².